The summed E-state index contributed by atoms with van der Waals surface area (Å²) >= 11 is 0. The van der Waals surface area contributed by atoms with E-state index >= 15 is 0 Å². The molecule has 1 saturated heterocycles. The molecule has 0 amide bonds. The zero-order valence-corrected chi connectivity index (χ0v) is 11.7. The molecule has 8 nitrogen and oxygen atoms in total. The van der Waals surface area contributed by atoms with Crippen LogP contribution >= 0.6 is 0 Å². The van der Waals surface area contributed by atoms with Crippen molar-refractivity contribution in [2.24, 2.45) is 0 Å². The van der Waals surface area contributed by atoms with Gasteiger partial charge in [0.15, 0.2) is 23.1 Å². The van der Waals surface area contributed by atoms with Gasteiger partial charge < -0.3 is 9.80 Å². The maximum Gasteiger partial charge on any atom is 0.200 e. The number of aromatic nitrogens is 6. The highest BCUT2D eigenvalue weighted by Crippen LogP contribution is 2.19. The Hall–Kier alpha value is -2.84. The first-order valence-electron chi connectivity index (χ1n) is 6.97. The number of piperazine rings is 1. The van der Waals surface area contributed by atoms with Gasteiger partial charge in [0, 0.05) is 32.4 Å². The van der Waals surface area contributed by atoms with Gasteiger partial charge in [-0.15, -0.1) is 14.8 Å². The summed E-state index contributed by atoms with van der Waals surface area (Å²) in [5, 5.41) is 15.6. The number of tetrazole rings is 1. The average Bonchev–Trinajstić information content (AvgIpc) is 3.03. The van der Waals surface area contributed by atoms with E-state index < -0.39 is 0 Å². The summed E-state index contributed by atoms with van der Waals surface area (Å²) in [5.74, 6) is 0.927. The fraction of sp³-hybridized carbons (Fsp3) is 0.308. The summed E-state index contributed by atoms with van der Waals surface area (Å²) in [6, 6.07) is 6.75. The van der Waals surface area contributed by atoms with Crippen LogP contribution in [0, 0.1) is 5.82 Å². The molecule has 0 bridgehead atoms. The molecule has 4 heterocycles. The van der Waals surface area contributed by atoms with Crippen LogP contribution in [-0.2, 0) is 0 Å². The molecule has 0 spiro atoms. The second-order valence-electron chi connectivity index (χ2n) is 5.00. The highest BCUT2D eigenvalue weighted by atomic mass is 19.1. The number of anilines is 2. The number of hydrogen-bond acceptors (Lipinski definition) is 7. The van der Waals surface area contributed by atoms with Crippen LogP contribution in [0.2, 0.25) is 0 Å². The van der Waals surface area contributed by atoms with Crippen LogP contribution < -0.4 is 9.80 Å². The molecule has 3 aromatic rings. The molecule has 1 fully saturated rings. The molecule has 1 aliphatic rings. The van der Waals surface area contributed by atoms with E-state index in [-0.39, 0.29) is 5.82 Å². The molecule has 1 aliphatic heterocycles. The maximum atomic E-state index is 13.8. The van der Waals surface area contributed by atoms with Crippen LogP contribution in [0.3, 0.4) is 0 Å². The van der Waals surface area contributed by atoms with Gasteiger partial charge in [-0.05, 0) is 34.7 Å². The SMILES string of the molecule is Fc1cccnc1N1CCN(c2ccc3nnnn3n2)CC1. The van der Waals surface area contributed by atoms with Crippen molar-refractivity contribution in [3.05, 3.63) is 36.3 Å². The van der Waals surface area contributed by atoms with Crippen LogP contribution in [0.4, 0.5) is 16.0 Å². The Morgan fingerprint density at radius 1 is 1.00 bits per heavy atom. The maximum absolute atomic E-state index is 13.8. The van der Waals surface area contributed by atoms with Crippen molar-refractivity contribution in [3.8, 4) is 0 Å². The van der Waals surface area contributed by atoms with Gasteiger partial charge in [0.25, 0.3) is 0 Å². The molecule has 0 aliphatic carbocycles. The summed E-state index contributed by atoms with van der Waals surface area (Å²) in [7, 11) is 0. The highest BCUT2D eigenvalue weighted by Gasteiger charge is 2.21. The van der Waals surface area contributed by atoms with Crippen LogP contribution in [0.5, 0.6) is 0 Å². The predicted molar refractivity (Wildman–Crippen MR) is 77.2 cm³/mol. The summed E-state index contributed by atoms with van der Waals surface area (Å²) in [4.78, 5) is 8.19. The molecule has 0 N–H and O–H groups in total. The van der Waals surface area contributed by atoms with E-state index in [0.717, 1.165) is 18.9 Å². The summed E-state index contributed by atoms with van der Waals surface area (Å²) in [5.41, 5.74) is 0.609. The number of nitrogens with zero attached hydrogens (tertiary/aromatic N) is 8. The van der Waals surface area contributed by atoms with Crippen molar-refractivity contribution >= 4 is 17.3 Å². The zero-order valence-electron chi connectivity index (χ0n) is 11.7. The third-order valence-electron chi connectivity index (χ3n) is 3.70. The molecule has 0 unspecified atom stereocenters. The standard InChI is InChI=1S/C13H13FN8/c14-10-2-1-5-15-13(10)21-8-6-20(7-9-21)12-4-3-11-16-18-19-22(11)17-12/h1-5H,6-9H2. The number of pyridine rings is 1. The van der Waals surface area contributed by atoms with Gasteiger partial charge in [-0.25, -0.2) is 9.37 Å². The Bertz CT molecular complexity index is 795. The molecule has 3 aromatic heterocycles. The lowest BCUT2D eigenvalue weighted by molar-refractivity contribution is 0.584. The van der Waals surface area contributed by atoms with Gasteiger partial charge in [0.1, 0.15) is 0 Å². The Balaban J connectivity index is 1.50. The Morgan fingerprint density at radius 2 is 1.82 bits per heavy atom. The van der Waals surface area contributed by atoms with Crippen molar-refractivity contribution in [1.29, 1.82) is 0 Å². The van der Waals surface area contributed by atoms with Gasteiger partial charge in [-0.2, -0.15) is 0 Å². The number of hydrogen-bond donors (Lipinski definition) is 0. The van der Waals surface area contributed by atoms with E-state index in [1.807, 2.05) is 17.0 Å². The topological polar surface area (TPSA) is 75.3 Å². The van der Waals surface area contributed by atoms with Crippen molar-refractivity contribution < 1.29 is 4.39 Å². The van der Waals surface area contributed by atoms with E-state index in [1.165, 1.54) is 10.7 Å². The van der Waals surface area contributed by atoms with E-state index in [1.54, 1.807) is 12.3 Å². The first-order valence-corrected chi connectivity index (χ1v) is 6.97. The van der Waals surface area contributed by atoms with E-state index in [0.29, 0.717) is 24.6 Å². The zero-order chi connectivity index (χ0) is 14.9. The lowest BCUT2D eigenvalue weighted by Crippen LogP contribution is -2.47. The Kier molecular flexibility index (Phi) is 3.02. The summed E-state index contributed by atoms with van der Waals surface area (Å²) < 4.78 is 15.2. The number of rotatable bonds is 2. The average molecular weight is 300 g/mol. The molecular formula is C13H13FN8. The normalized spacial score (nSPS) is 15.5. The first kappa shape index (κ1) is 12.9. The van der Waals surface area contributed by atoms with E-state index in [2.05, 4.69) is 30.5 Å². The van der Waals surface area contributed by atoms with Gasteiger partial charge in [-0.3, -0.25) is 0 Å². The molecule has 0 aromatic carbocycles. The molecule has 0 atom stereocenters. The minimum absolute atomic E-state index is 0.288. The fourth-order valence-corrected chi connectivity index (χ4v) is 2.57. The van der Waals surface area contributed by atoms with Crippen LogP contribution in [0.15, 0.2) is 30.5 Å². The van der Waals surface area contributed by atoms with Crippen molar-refractivity contribution in [2.45, 2.75) is 0 Å². The lowest BCUT2D eigenvalue weighted by Gasteiger charge is -2.35. The lowest BCUT2D eigenvalue weighted by atomic mass is 10.3. The molecule has 0 saturated carbocycles. The number of fused-ring (bicyclic) bond motifs is 1. The smallest absolute Gasteiger partial charge is 0.200 e. The van der Waals surface area contributed by atoms with Gasteiger partial charge in [0.2, 0.25) is 0 Å². The van der Waals surface area contributed by atoms with Crippen LogP contribution in [-0.4, -0.2) is 56.4 Å². The molecule has 0 radical (unpaired) electrons. The van der Waals surface area contributed by atoms with Gasteiger partial charge in [-0.1, -0.05) is 0 Å². The molecular weight excluding hydrogens is 287 g/mol. The van der Waals surface area contributed by atoms with Crippen LogP contribution in [0.25, 0.3) is 5.65 Å². The molecule has 4 rings (SSSR count). The highest BCUT2D eigenvalue weighted by molar-refractivity contribution is 5.47. The molecule has 22 heavy (non-hydrogen) atoms. The first-order chi connectivity index (χ1) is 10.8. The third-order valence-corrected chi connectivity index (χ3v) is 3.70. The second kappa shape index (κ2) is 5.17. The van der Waals surface area contributed by atoms with Gasteiger partial charge in [0.05, 0.1) is 0 Å². The molecule has 9 heteroatoms. The minimum atomic E-state index is -0.288. The predicted octanol–water partition coefficient (Wildman–Crippen LogP) is 0.380. The summed E-state index contributed by atoms with van der Waals surface area (Å²) in [6.45, 7) is 2.83. The van der Waals surface area contributed by atoms with Crippen molar-refractivity contribution in [2.75, 3.05) is 36.0 Å². The Labute approximate surface area is 125 Å². The monoisotopic (exact) mass is 300 g/mol. The fourth-order valence-electron chi connectivity index (χ4n) is 2.57. The van der Waals surface area contributed by atoms with E-state index in [4.69, 9.17) is 0 Å². The van der Waals surface area contributed by atoms with Crippen LogP contribution in [0.1, 0.15) is 0 Å². The van der Waals surface area contributed by atoms with Gasteiger partial charge >= 0.3 is 0 Å². The molecule has 112 valence electrons. The largest absolute Gasteiger partial charge is 0.352 e. The second-order valence-corrected chi connectivity index (χ2v) is 5.00. The van der Waals surface area contributed by atoms with E-state index in [9.17, 15) is 4.39 Å². The Morgan fingerprint density at radius 3 is 2.64 bits per heavy atom. The number of halogens is 1. The quantitative estimate of drug-likeness (QED) is 0.677. The van der Waals surface area contributed by atoms with Crippen molar-refractivity contribution in [3.63, 3.8) is 0 Å². The summed E-state index contributed by atoms with van der Waals surface area (Å²) in [6.07, 6.45) is 1.61. The minimum Gasteiger partial charge on any atom is -0.352 e. The third kappa shape index (κ3) is 2.20. The van der Waals surface area contributed by atoms with Crippen molar-refractivity contribution in [1.82, 2.24) is 30.2 Å².